The number of benzene rings is 2. The summed E-state index contributed by atoms with van der Waals surface area (Å²) in [7, 11) is -2.25. The maximum absolute atomic E-state index is 12.3. The second kappa shape index (κ2) is 10.0. The molecule has 0 fully saturated rings. The van der Waals surface area contributed by atoms with Crippen molar-refractivity contribution in [3.8, 4) is 11.1 Å². The minimum Gasteiger partial charge on any atom is -0.324 e. The summed E-state index contributed by atoms with van der Waals surface area (Å²) in [6, 6.07) is 14.7. The number of anilines is 3. The smallest absolute Gasteiger partial charge is 0.324 e. The highest BCUT2D eigenvalue weighted by atomic mass is 32.2. The summed E-state index contributed by atoms with van der Waals surface area (Å²) in [4.78, 5) is 9.12. The third-order valence-electron chi connectivity index (χ3n) is 5.47. The van der Waals surface area contributed by atoms with Crippen LogP contribution in [0.1, 0.15) is 5.56 Å². The van der Waals surface area contributed by atoms with Gasteiger partial charge < -0.3 is 14.4 Å². The predicted octanol–water partition coefficient (Wildman–Crippen LogP) is 5.48. The summed E-state index contributed by atoms with van der Waals surface area (Å²) >= 11 is 1.52. The van der Waals surface area contributed by atoms with E-state index in [0.717, 1.165) is 32.6 Å². The first-order valence-corrected chi connectivity index (χ1v) is 14.9. The van der Waals surface area contributed by atoms with Gasteiger partial charge in [0.2, 0.25) is 16.0 Å². The molecule has 0 saturated heterocycles. The van der Waals surface area contributed by atoms with Gasteiger partial charge in [-0.1, -0.05) is 24.3 Å². The Hall–Kier alpha value is -2.82. The van der Waals surface area contributed by atoms with Gasteiger partial charge in [-0.3, -0.25) is 8.87 Å². The van der Waals surface area contributed by atoms with Crippen LogP contribution < -0.4 is 9.62 Å². The fourth-order valence-corrected chi connectivity index (χ4v) is 5.84. The van der Waals surface area contributed by atoms with E-state index in [-0.39, 0.29) is 6.16 Å². The third kappa shape index (κ3) is 5.71. The normalized spacial score (nSPS) is 12.1. The average Bonchev–Trinajstić information content (AvgIpc) is 3.27. The molecule has 0 spiro atoms. The van der Waals surface area contributed by atoms with Crippen molar-refractivity contribution in [3.63, 3.8) is 0 Å². The van der Waals surface area contributed by atoms with Crippen molar-refractivity contribution in [2.45, 2.75) is 6.16 Å². The first-order valence-electron chi connectivity index (χ1n) is 10.5. The molecule has 0 atom stereocenters. The first kappa shape index (κ1) is 25.3. The van der Waals surface area contributed by atoms with Crippen LogP contribution in [-0.4, -0.2) is 45.9 Å². The summed E-state index contributed by atoms with van der Waals surface area (Å²) in [5, 5.41) is 5.18. The van der Waals surface area contributed by atoms with E-state index in [1.54, 1.807) is 12.3 Å². The molecule has 0 amide bonds. The predicted molar refractivity (Wildman–Crippen MR) is 141 cm³/mol. The Morgan fingerprint density at radius 1 is 1.11 bits per heavy atom. The molecule has 0 radical (unpaired) electrons. The number of aromatic nitrogens is 2. The standard InChI is InChI=1S/C23H25N4O5PS2/c1-27(35(4,29)30)19-7-5-6-17(12-19)20-15-34-21-13-24-23(26-22(20)21)25-18-10-8-16(9-11-18)14-33(28,31-2)32-3/h5-13,15H,14H2,1-4H3,(H,24,25,26). The highest BCUT2D eigenvalue weighted by Gasteiger charge is 2.21. The van der Waals surface area contributed by atoms with Gasteiger partial charge in [-0.15, -0.1) is 11.3 Å². The number of hydrogen-bond acceptors (Lipinski definition) is 9. The van der Waals surface area contributed by atoms with Crippen LogP contribution in [0.3, 0.4) is 0 Å². The molecule has 4 rings (SSSR count). The zero-order valence-electron chi connectivity index (χ0n) is 19.6. The summed E-state index contributed by atoms with van der Waals surface area (Å²) in [6.45, 7) is 0. The van der Waals surface area contributed by atoms with Gasteiger partial charge >= 0.3 is 7.60 Å². The van der Waals surface area contributed by atoms with Gasteiger partial charge in [0.25, 0.3) is 0 Å². The topological polar surface area (TPSA) is 111 Å². The highest BCUT2D eigenvalue weighted by molar-refractivity contribution is 7.92. The molecule has 4 aromatic rings. The highest BCUT2D eigenvalue weighted by Crippen LogP contribution is 2.49. The minimum atomic E-state index is -3.37. The molecule has 0 aliphatic rings. The molecule has 2 aromatic heterocycles. The molecule has 1 N–H and O–H groups in total. The van der Waals surface area contributed by atoms with Crippen molar-refractivity contribution in [1.82, 2.24) is 9.97 Å². The monoisotopic (exact) mass is 532 g/mol. The molecule has 0 unspecified atom stereocenters. The zero-order valence-corrected chi connectivity index (χ0v) is 22.2. The van der Waals surface area contributed by atoms with Crippen LogP contribution in [0.2, 0.25) is 0 Å². The van der Waals surface area contributed by atoms with E-state index in [0.29, 0.717) is 11.6 Å². The fraction of sp³-hybridized carbons (Fsp3) is 0.217. The lowest BCUT2D eigenvalue weighted by atomic mass is 10.1. The van der Waals surface area contributed by atoms with E-state index < -0.39 is 17.6 Å². The van der Waals surface area contributed by atoms with Crippen molar-refractivity contribution in [2.75, 3.05) is 37.1 Å². The van der Waals surface area contributed by atoms with E-state index >= 15 is 0 Å². The van der Waals surface area contributed by atoms with Crippen LogP contribution in [0, 0.1) is 0 Å². The minimum absolute atomic E-state index is 0.175. The number of hydrogen-bond donors (Lipinski definition) is 1. The lowest BCUT2D eigenvalue weighted by molar-refractivity contribution is 0.275. The Kier molecular flexibility index (Phi) is 7.25. The molecule has 184 valence electrons. The van der Waals surface area contributed by atoms with Gasteiger partial charge in [0.1, 0.15) is 0 Å². The van der Waals surface area contributed by atoms with E-state index in [9.17, 15) is 13.0 Å². The van der Waals surface area contributed by atoms with Crippen molar-refractivity contribution in [2.24, 2.45) is 0 Å². The van der Waals surface area contributed by atoms with Gasteiger partial charge in [-0.25, -0.2) is 18.4 Å². The Bertz CT molecular complexity index is 1500. The lowest BCUT2D eigenvalue weighted by Gasteiger charge is -2.17. The Labute approximate surface area is 208 Å². The molecule has 2 aromatic carbocycles. The maximum atomic E-state index is 12.3. The third-order valence-corrected chi connectivity index (χ3v) is 9.45. The number of nitrogens with one attached hydrogen (secondary N) is 1. The molecule has 0 bridgehead atoms. The van der Waals surface area contributed by atoms with Crippen LogP contribution in [0.4, 0.5) is 17.3 Å². The molecule has 9 nitrogen and oxygen atoms in total. The molecular formula is C23H25N4O5PS2. The maximum Gasteiger partial charge on any atom is 0.334 e. The van der Waals surface area contributed by atoms with Gasteiger partial charge in [0.15, 0.2) is 0 Å². The van der Waals surface area contributed by atoms with Gasteiger partial charge in [0, 0.05) is 37.9 Å². The van der Waals surface area contributed by atoms with Crippen molar-refractivity contribution in [3.05, 3.63) is 65.7 Å². The van der Waals surface area contributed by atoms with Crippen molar-refractivity contribution < 1.29 is 22.0 Å². The van der Waals surface area contributed by atoms with Crippen LogP contribution in [0.25, 0.3) is 21.3 Å². The van der Waals surface area contributed by atoms with Crippen LogP contribution >= 0.6 is 18.9 Å². The van der Waals surface area contributed by atoms with Gasteiger partial charge in [-0.2, -0.15) is 0 Å². The largest absolute Gasteiger partial charge is 0.334 e. The SMILES string of the molecule is COP(=O)(Cc1ccc(Nc2ncc3scc(-c4cccc(N(C)S(C)(=O)=O)c4)c3n2)cc1)OC. The Morgan fingerprint density at radius 3 is 2.49 bits per heavy atom. The Balaban J connectivity index is 1.59. The van der Waals surface area contributed by atoms with Crippen LogP contribution in [0.15, 0.2) is 60.1 Å². The molecule has 0 saturated carbocycles. The summed E-state index contributed by atoms with van der Waals surface area (Å²) in [5.41, 5.74) is 4.68. The molecule has 12 heteroatoms. The summed E-state index contributed by atoms with van der Waals surface area (Å²) < 4.78 is 48.4. The molecule has 35 heavy (non-hydrogen) atoms. The quantitative estimate of drug-likeness (QED) is 0.282. The fourth-order valence-electron chi connectivity index (χ4n) is 3.40. The van der Waals surface area contributed by atoms with Crippen molar-refractivity contribution in [1.29, 1.82) is 0 Å². The number of rotatable bonds is 9. The van der Waals surface area contributed by atoms with Crippen molar-refractivity contribution >= 4 is 56.5 Å². The van der Waals surface area contributed by atoms with E-state index in [4.69, 9.17) is 14.0 Å². The second-order valence-electron chi connectivity index (χ2n) is 7.79. The number of fused-ring (bicyclic) bond motifs is 1. The average molecular weight is 533 g/mol. The first-order chi connectivity index (χ1) is 16.6. The van der Waals surface area contributed by atoms with Gasteiger partial charge in [0.05, 0.1) is 34.5 Å². The second-order valence-corrected chi connectivity index (χ2v) is 13.0. The zero-order chi connectivity index (χ0) is 25.2. The van der Waals surface area contributed by atoms with E-state index in [2.05, 4.69) is 10.3 Å². The van der Waals surface area contributed by atoms with Gasteiger partial charge in [-0.05, 0) is 35.4 Å². The molecule has 0 aliphatic carbocycles. The molecule has 0 aliphatic heterocycles. The molecular weight excluding hydrogens is 507 g/mol. The summed E-state index contributed by atoms with van der Waals surface area (Å²) in [5.74, 6) is 0.425. The van der Waals surface area contributed by atoms with E-state index in [1.807, 2.05) is 47.8 Å². The number of thiophene rings is 1. The molecule has 2 heterocycles. The van der Waals surface area contributed by atoms with E-state index in [1.165, 1.54) is 43.2 Å². The number of sulfonamides is 1. The van der Waals surface area contributed by atoms with Crippen LogP contribution in [0.5, 0.6) is 0 Å². The Morgan fingerprint density at radius 2 is 1.83 bits per heavy atom. The number of nitrogens with zero attached hydrogens (tertiary/aromatic N) is 3. The lowest BCUT2D eigenvalue weighted by Crippen LogP contribution is -2.24. The summed E-state index contributed by atoms with van der Waals surface area (Å²) in [6.07, 6.45) is 3.10. The van der Waals surface area contributed by atoms with Crippen LogP contribution in [-0.2, 0) is 29.8 Å².